The van der Waals surface area contributed by atoms with E-state index >= 15 is 0 Å². The summed E-state index contributed by atoms with van der Waals surface area (Å²) in [4.78, 5) is 19.3. The Kier molecular flexibility index (Phi) is 5.20. The van der Waals surface area contributed by atoms with E-state index in [4.69, 9.17) is 0 Å². The number of fused-ring (bicyclic) bond motifs is 1. The summed E-state index contributed by atoms with van der Waals surface area (Å²) >= 11 is 0. The molecule has 0 atom stereocenters. The van der Waals surface area contributed by atoms with E-state index in [9.17, 15) is 4.79 Å². The van der Waals surface area contributed by atoms with Gasteiger partial charge < -0.3 is 4.90 Å². The number of carbonyl (C=O) groups excluding carboxylic acids is 1. The maximum Gasteiger partial charge on any atom is 0.274 e. The molecule has 0 radical (unpaired) electrons. The van der Waals surface area contributed by atoms with E-state index in [1.54, 1.807) is 16.8 Å². The second kappa shape index (κ2) is 8.45. The zero-order chi connectivity index (χ0) is 21.0. The van der Waals surface area contributed by atoms with Gasteiger partial charge in [-0.2, -0.15) is 5.10 Å². The van der Waals surface area contributed by atoms with Crippen molar-refractivity contribution >= 4 is 11.6 Å². The van der Waals surface area contributed by atoms with Gasteiger partial charge in [-0.1, -0.05) is 60.4 Å². The summed E-state index contributed by atoms with van der Waals surface area (Å²) in [6.45, 7) is 1.49. The van der Waals surface area contributed by atoms with Crippen molar-refractivity contribution in [1.82, 2.24) is 19.5 Å². The van der Waals surface area contributed by atoms with E-state index in [-0.39, 0.29) is 5.91 Å². The van der Waals surface area contributed by atoms with E-state index in [0.717, 1.165) is 37.1 Å². The summed E-state index contributed by atoms with van der Waals surface area (Å²) in [6, 6.07) is 22.1. The van der Waals surface area contributed by atoms with Gasteiger partial charge in [0.05, 0.1) is 5.56 Å². The highest BCUT2D eigenvalue weighted by molar-refractivity contribution is 5.93. The van der Waals surface area contributed by atoms with Crippen LogP contribution in [-0.4, -0.2) is 38.5 Å². The maximum absolute atomic E-state index is 13.0. The van der Waals surface area contributed by atoms with Gasteiger partial charge in [0.1, 0.15) is 0 Å². The summed E-state index contributed by atoms with van der Waals surface area (Å²) in [5, 5.41) is 4.48. The first-order valence-electron chi connectivity index (χ1n) is 10.5. The molecule has 0 spiro atoms. The molecule has 1 amide bonds. The highest BCUT2D eigenvalue weighted by atomic mass is 16.2. The monoisotopic (exact) mass is 406 g/mol. The quantitative estimate of drug-likeness (QED) is 0.470. The fraction of sp³-hybridized carbons (Fsp3) is 0.192. The molecule has 0 N–H and O–H groups in total. The van der Waals surface area contributed by atoms with Crippen molar-refractivity contribution in [2.45, 2.75) is 18.8 Å². The smallest absolute Gasteiger partial charge is 0.274 e. The van der Waals surface area contributed by atoms with E-state index in [1.165, 1.54) is 5.56 Å². The molecule has 1 aliphatic heterocycles. The van der Waals surface area contributed by atoms with Crippen molar-refractivity contribution in [3.63, 3.8) is 0 Å². The molecule has 2 aromatic carbocycles. The Morgan fingerprint density at radius 3 is 2.32 bits per heavy atom. The molecule has 5 heteroatoms. The number of benzene rings is 2. The molecule has 0 unspecified atom stereocenters. The number of rotatable bonds is 2. The van der Waals surface area contributed by atoms with Gasteiger partial charge in [0.25, 0.3) is 5.91 Å². The first kappa shape index (κ1) is 19.1. The summed E-state index contributed by atoms with van der Waals surface area (Å²) in [5.74, 6) is 6.70. The van der Waals surface area contributed by atoms with Crippen LogP contribution >= 0.6 is 0 Å². The molecular formula is C26H22N4O. The molecule has 4 aromatic rings. The van der Waals surface area contributed by atoms with E-state index in [2.05, 4.69) is 46.2 Å². The zero-order valence-corrected chi connectivity index (χ0v) is 17.1. The third-order valence-electron chi connectivity index (χ3n) is 5.71. The fourth-order valence-electron chi connectivity index (χ4n) is 4.01. The van der Waals surface area contributed by atoms with Crippen LogP contribution in [0.3, 0.4) is 0 Å². The number of carbonyl (C=O) groups is 1. The number of hydrogen-bond acceptors (Lipinski definition) is 3. The van der Waals surface area contributed by atoms with Gasteiger partial charge in [-0.15, -0.1) is 0 Å². The molecule has 5 rings (SSSR count). The van der Waals surface area contributed by atoms with E-state index < -0.39 is 0 Å². The Morgan fingerprint density at radius 2 is 1.58 bits per heavy atom. The number of piperidine rings is 1. The molecule has 152 valence electrons. The third kappa shape index (κ3) is 4.19. The molecule has 0 saturated carbocycles. The van der Waals surface area contributed by atoms with Gasteiger partial charge in [0.2, 0.25) is 0 Å². The second-order valence-electron chi connectivity index (χ2n) is 7.77. The lowest BCUT2D eigenvalue weighted by Crippen LogP contribution is -2.38. The van der Waals surface area contributed by atoms with Crippen molar-refractivity contribution in [3.05, 3.63) is 102 Å². The van der Waals surface area contributed by atoms with Crippen LogP contribution in [0.4, 0.5) is 0 Å². The van der Waals surface area contributed by atoms with Crippen LogP contribution in [0.25, 0.3) is 5.65 Å². The summed E-state index contributed by atoms with van der Waals surface area (Å²) in [7, 11) is 0. The van der Waals surface area contributed by atoms with Gasteiger partial charge in [0, 0.05) is 37.1 Å². The molecule has 0 aliphatic carbocycles. The molecule has 31 heavy (non-hydrogen) atoms. The Morgan fingerprint density at radius 1 is 0.903 bits per heavy atom. The van der Waals surface area contributed by atoms with Crippen molar-refractivity contribution in [1.29, 1.82) is 0 Å². The highest BCUT2D eigenvalue weighted by Crippen LogP contribution is 2.28. The number of amides is 1. The van der Waals surface area contributed by atoms with Gasteiger partial charge in [0.15, 0.2) is 11.3 Å². The minimum atomic E-state index is -0.0334. The van der Waals surface area contributed by atoms with Crippen LogP contribution in [0.5, 0.6) is 0 Å². The predicted molar refractivity (Wildman–Crippen MR) is 120 cm³/mol. The molecule has 3 heterocycles. The van der Waals surface area contributed by atoms with Crippen molar-refractivity contribution < 1.29 is 4.79 Å². The number of aromatic nitrogens is 3. The molecule has 2 aromatic heterocycles. The standard InChI is InChI=1S/C26H22N4O/c31-26(29-15-13-23(14-16-29)22-9-5-2-6-10-22)24-17-25-27-18-21(19-30(25)28-24)12-11-20-7-3-1-4-8-20/h1-10,17-19,23H,13-16H2. The second-order valence-corrected chi connectivity index (χ2v) is 7.77. The van der Waals surface area contributed by atoms with Crippen molar-refractivity contribution in [2.24, 2.45) is 0 Å². The van der Waals surface area contributed by atoms with Crippen LogP contribution in [0.2, 0.25) is 0 Å². The van der Waals surface area contributed by atoms with Crippen molar-refractivity contribution in [2.75, 3.05) is 13.1 Å². The number of likely N-dealkylation sites (tertiary alicyclic amines) is 1. The van der Waals surface area contributed by atoms with Gasteiger partial charge in [-0.25, -0.2) is 9.50 Å². The minimum Gasteiger partial charge on any atom is -0.337 e. The maximum atomic E-state index is 13.0. The summed E-state index contributed by atoms with van der Waals surface area (Å²) in [5.41, 5.74) is 4.13. The third-order valence-corrected chi connectivity index (χ3v) is 5.71. The lowest BCUT2D eigenvalue weighted by molar-refractivity contribution is 0.0706. The van der Waals surface area contributed by atoms with Gasteiger partial charge >= 0.3 is 0 Å². The first-order valence-corrected chi connectivity index (χ1v) is 10.5. The molecular weight excluding hydrogens is 384 g/mol. The Hall–Kier alpha value is -3.91. The Balaban J connectivity index is 1.29. The lowest BCUT2D eigenvalue weighted by atomic mass is 9.89. The molecule has 1 saturated heterocycles. The van der Waals surface area contributed by atoms with Gasteiger partial charge in [-0.05, 0) is 36.5 Å². The largest absolute Gasteiger partial charge is 0.337 e. The Labute approximate surface area is 181 Å². The predicted octanol–water partition coefficient (Wildman–Crippen LogP) is 4.15. The lowest BCUT2D eigenvalue weighted by Gasteiger charge is -2.31. The first-order chi connectivity index (χ1) is 15.3. The van der Waals surface area contributed by atoms with Crippen LogP contribution in [0, 0.1) is 11.8 Å². The average molecular weight is 406 g/mol. The molecule has 0 bridgehead atoms. The van der Waals surface area contributed by atoms with Crippen molar-refractivity contribution in [3.8, 4) is 11.8 Å². The van der Waals surface area contributed by atoms with Crippen LogP contribution in [0.15, 0.2) is 79.1 Å². The molecule has 5 nitrogen and oxygen atoms in total. The van der Waals surface area contributed by atoms with E-state index in [1.807, 2.05) is 47.5 Å². The van der Waals surface area contributed by atoms with Gasteiger partial charge in [-0.3, -0.25) is 4.79 Å². The molecule has 1 aliphatic rings. The molecule has 1 fully saturated rings. The minimum absolute atomic E-state index is 0.0334. The average Bonchev–Trinajstić information content (AvgIpc) is 3.27. The van der Waals surface area contributed by atoms with Crippen LogP contribution in [0.1, 0.15) is 45.9 Å². The topological polar surface area (TPSA) is 50.5 Å². The number of hydrogen-bond donors (Lipinski definition) is 0. The normalized spacial score (nSPS) is 14.3. The highest BCUT2D eigenvalue weighted by Gasteiger charge is 2.26. The summed E-state index contributed by atoms with van der Waals surface area (Å²) in [6.07, 6.45) is 5.48. The summed E-state index contributed by atoms with van der Waals surface area (Å²) < 4.78 is 1.64. The van der Waals surface area contributed by atoms with Crippen LogP contribution in [-0.2, 0) is 0 Å². The van der Waals surface area contributed by atoms with Crippen LogP contribution < -0.4 is 0 Å². The SMILES string of the molecule is O=C(c1cc2ncc(C#Cc3ccccc3)cn2n1)N1CCC(c2ccccc2)CC1. The number of nitrogens with zero attached hydrogens (tertiary/aromatic N) is 4. The van der Waals surface area contributed by atoms with E-state index in [0.29, 0.717) is 17.3 Å². The Bertz CT molecular complexity index is 1260. The fourth-order valence-corrected chi connectivity index (χ4v) is 4.01. The zero-order valence-electron chi connectivity index (χ0n) is 17.1.